The van der Waals surface area contributed by atoms with E-state index in [4.69, 9.17) is 9.31 Å². The zero-order chi connectivity index (χ0) is 12.8. The first kappa shape index (κ1) is 12.5. The number of aromatic nitrogens is 1. The molecule has 1 aromatic rings. The van der Waals surface area contributed by atoms with Crippen molar-refractivity contribution >= 4 is 12.7 Å². The molecule has 0 radical (unpaired) electrons. The molecule has 0 aromatic carbocycles. The van der Waals surface area contributed by atoms with Crippen LogP contribution in [-0.2, 0) is 9.31 Å². The van der Waals surface area contributed by atoms with Crippen molar-refractivity contribution in [1.82, 2.24) is 4.98 Å². The second-order valence-electron chi connectivity index (χ2n) is 5.44. The third kappa shape index (κ3) is 2.22. The largest absolute Gasteiger partial charge is 0.514 e. The summed E-state index contributed by atoms with van der Waals surface area (Å²) in [6.45, 7) is 9.58. The van der Waals surface area contributed by atoms with E-state index >= 15 is 0 Å². The summed E-state index contributed by atoms with van der Waals surface area (Å²) in [6.07, 6.45) is 0. The van der Waals surface area contributed by atoms with Crippen LogP contribution in [0.2, 0.25) is 0 Å². The molecule has 0 spiro atoms. The lowest BCUT2D eigenvalue weighted by Gasteiger charge is -2.32. The molecule has 0 amide bonds. The summed E-state index contributed by atoms with van der Waals surface area (Å²) < 4.78 is 24.9. The molecule has 1 aromatic heterocycles. The molecule has 1 fully saturated rings. The highest BCUT2D eigenvalue weighted by molar-refractivity contribution is 6.61. The molecule has 1 aliphatic heterocycles. The minimum absolute atomic E-state index is 0.317. The Bertz CT molecular complexity index is 412. The van der Waals surface area contributed by atoms with Crippen LogP contribution in [0.1, 0.15) is 33.4 Å². The van der Waals surface area contributed by atoms with E-state index < -0.39 is 18.3 Å². The van der Waals surface area contributed by atoms with E-state index in [1.54, 1.807) is 6.92 Å². The summed E-state index contributed by atoms with van der Waals surface area (Å²) in [7, 11) is -0.602. The Kier molecular flexibility index (Phi) is 2.79. The van der Waals surface area contributed by atoms with Gasteiger partial charge in [0.15, 0.2) is 0 Å². The number of hydrogen-bond donors (Lipinski definition) is 0. The molecule has 0 N–H and O–H groups in total. The van der Waals surface area contributed by atoms with Gasteiger partial charge in [-0.25, -0.2) is 4.39 Å². The fraction of sp³-hybridized carbons (Fsp3) is 0.583. The summed E-state index contributed by atoms with van der Waals surface area (Å²) >= 11 is 0. The standard InChI is InChI=1S/C12H17BFNO2/c1-8-6-9(14)7-10(15-8)13-16-11(2,3)12(4,5)17-13/h6-7H,1-5H3. The number of rotatable bonds is 1. The van der Waals surface area contributed by atoms with Gasteiger partial charge < -0.3 is 9.31 Å². The number of aryl methyl sites for hydroxylation is 1. The van der Waals surface area contributed by atoms with Gasteiger partial charge in [0.1, 0.15) is 5.82 Å². The molecule has 2 heterocycles. The van der Waals surface area contributed by atoms with Gasteiger partial charge in [-0.2, -0.15) is 0 Å². The number of nitrogens with zero attached hydrogens (tertiary/aromatic N) is 1. The molecule has 5 heteroatoms. The summed E-state index contributed by atoms with van der Waals surface area (Å²) in [5, 5.41) is 0. The minimum Gasteiger partial charge on any atom is -0.398 e. The van der Waals surface area contributed by atoms with Gasteiger partial charge in [0.05, 0.1) is 16.8 Å². The minimum atomic E-state index is -0.602. The summed E-state index contributed by atoms with van der Waals surface area (Å²) in [5.74, 6) is -0.317. The third-order valence-electron chi connectivity index (χ3n) is 3.43. The second kappa shape index (κ2) is 3.78. The smallest absolute Gasteiger partial charge is 0.398 e. The SMILES string of the molecule is Cc1cc(F)cc(B2OC(C)(C)C(C)(C)O2)n1. The van der Waals surface area contributed by atoms with Gasteiger partial charge in [-0.3, -0.25) is 4.98 Å². The van der Waals surface area contributed by atoms with Crippen LogP contribution in [0.3, 0.4) is 0 Å². The maximum Gasteiger partial charge on any atom is 0.514 e. The number of halogens is 1. The second-order valence-corrected chi connectivity index (χ2v) is 5.44. The summed E-state index contributed by atoms with van der Waals surface area (Å²) in [5.41, 5.74) is 0.245. The van der Waals surface area contributed by atoms with Gasteiger partial charge in [-0.1, -0.05) is 0 Å². The molecular formula is C12H17BFNO2. The molecular weight excluding hydrogens is 220 g/mol. The van der Waals surface area contributed by atoms with Crippen molar-refractivity contribution in [3.63, 3.8) is 0 Å². The van der Waals surface area contributed by atoms with Crippen molar-refractivity contribution in [3.8, 4) is 0 Å². The Labute approximate surface area is 101 Å². The monoisotopic (exact) mass is 237 g/mol. The normalized spacial score (nSPS) is 21.9. The number of pyridine rings is 1. The van der Waals surface area contributed by atoms with Crippen molar-refractivity contribution in [3.05, 3.63) is 23.6 Å². The lowest BCUT2D eigenvalue weighted by atomic mass is 9.84. The molecule has 0 saturated carbocycles. The van der Waals surface area contributed by atoms with Crippen molar-refractivity contribution in [2.75, 3.05) is 0 Å². The van der Waals surface area contributed by atoms with E-state index in [1.165, 1.54) is 12.1 Å². The molecule has 0 aliphatic carbocycles. The van der Waals surface area contributed by atoms with Crippen molar-refractivity contribution in [1.29, 1.82) is 0 Å². The van der Waals surface area contributed by atoms with Crippen molar-refractivity contribution in [2.24, 2.45) is 0 Å². The average Bonchev–Trinajstić information content (AvgIpc) is 2.34. The zero-order valence-corrected chi connectivity index (χ0v) is 10.9. The van der Waals surface area contributed by atoms with Crippen LogP contribution in [0, 0.1) is 12.7 Å². The molecule has 1 saturated heterocycles. The van der Waals surface area contributed by atoms with E-state index in [9.17, 15) is 4.39 Å². The van der Waals surface area contributed by atoms with E-state index in [2.05, 4.69) is 4.98 Å². The summed E-state index contributed by atoms with van der Waals surface area (Å²) in [6, 6.07) is 2.74. The van der Waals surface area contributed by atoms with Crippen molar-refractivity contribution in [2.45, 2.75) is 45.8 Å². The molecule has 92 valence electrons. The van der Waals surface area contributed by atoms with E-state index in [0.717, 1.165) is 0 Å². The number of hydrogen-bond acceptors (Lipinski definition) is 3. The fourth-order valence-corrected chi connectivity index (χ4v) is 1.74. The van der Waals surface area contributed by atoms with Crippen LogP contribution >= 0.6 is 0 Å². The molecule has 17 heavy (non-hydrogen) atoms. The Hall–Kier alpha value is -0.935. The highest BCUT2D eigenvalue weighted by atomic mass is 19.1. The van der Waals surface area contributed by atoms with Crippen molar-refractivity contribution < 1.29 is 13.7 Å². The van der Waals surface area contributed by atoms with E-state index in [-0.39, 0.29) is 5.82 Å². The van der Waals surface area contributed by atoms with Gasteiger partial charge >= 0.3 is 7.12 Å². The molecule has 0 unspecified atom stereocenters. The highest BCUT2D eigenvalue weighted by Crippen LogP contribution is 2.36. The van der Waals surface area contributed by atoms with Crippen LogP contribution in [0.4, 0.5) is 4.39 Å². The molecule has 3 nitrogen and oxygen atoms in total. The Balaban J connectivity index is 2.32. The Morgan fingerprint density at radius 3 is 2.12 bits per heavy atom. The quantitative estimate of drug-likeness (QED) is 0.698. The maximum atomic E-state index is 13.3. The summed E-state index contributed by atoms with van der Waals surface area (Å²) in [4.78, 5) is 4.26. The highest BCUT2D eigenvalue weighted by Gasteiger charge is 2.52. The first-order valence-electron chi connectivity index (χ1n) is 5.71. The van der Waals surface area contributed by atoms with Gasteiger partial charge in [0.25, 0.3) is 0 Å². The van der Waals surface area contributed by atoms with Crippen LogP contribution in [0.25, 0.3) is 0 Å². The van der Waals surface area contributed by atoms with Crippen LogP contribution in [0.15, 0.2) is 12.1 Å². The van der Waals surface area contributed by atoms with Gasteiger partial charge in [0.2, 0.25) is 0 Å². The lowest BCUT2D eigenvalue weighted by Crippen LogP contribution is -2.41. The molecule has 0 atom stereocenters. The average molecular weight is 237 g/mol. The van der Waals surface area contributed by atoms with E-state index in [0.29, 0.717) is 11.3 Å². The first-order chi connectivity index (χ1) is 7.71. The van der Waals surface area contributed by atoms with E-state index in [1.807, 2.05) is 27.7 Å². The molecule has 2 rings (SSSR count). The topological polar surface area (TPSA) is 31.4 Å². The third-order valence-corrected chi connectivity index (χ3v) is 3.43. The Morgan fingerprint density at radius 1 is 1.12 bits per heavy atom. The zero-order valence-electron chi connectivity index (χ0n) is 10.9. The predicted octanol–water partition coefficient (Wildman–Crippen LogP) is 1.83. The Morgan fingerprint density at radius 2 is 1.65 bits per heavy atom. The molecule has 0 bridgehead atoms. The van der Waals surface area contributed by atoms with Gasteiger partial charge in [0, 0.05) is 5.69 Å². The van der Waals surface area contributed by atoms with Gasteiger partial charge in [-0.15, -0.1) is 0 Å². The first-order valence-corrected chi connectivity index (χ1v) is 5.71. The maximum absolute atomic E-state index is 13.3. The van der Waals surface area contributed by atoms with Gasteiger partial charge in [-0.05, 0) is 46.8 Å². The van der Waals surface area contributed by atoms with Crippen LogP contribution in [0.5, 0.6) is 0 Å². The molecule has 1 aliphatic rings. The fourth-order valence-electron chi connectivity index (χ4n) is 1.74. The predicted molar refractivity (Wildman–Crippen MR) is 64.6 cm³/mol. The van der Waals surface area contributed by atoms with Crippen LogP contribution in [-0.4, -0.2) is 23.3 Å². The van der Waals surface area contributed by atoms with Crippen LogP contribution < -0.4 is 5.59 Å². The lowest BCUT2D eigenvalue weighted by molar-refractivity contribution is 0.00578.